The standard InChI is InChI=1S/C24H31N7O5/c1-13(2)21(24(36)28-11-20(32)33)31-23(35)19(7-14-9-27-18-6-4-3-5-16(14)18)30-22(34)17(25)8-15-10-26-12-29-15/h3-6,9-10,12-13,17,19,21,27H,7-8,11,25H2,1-2H3,(H,26,29)(H,28,36)(H,30,34)(H,31,35)(H,32,33). The lowest BCUT2D eigenvalue weighted by molar-refractivity contribution is -0.139. The first-order chi connectivity index (χ1) is 17.2. The highest BCUT2D eigenvalue weighted by Gasteiger charge is 2.30. The predicted octanol–water partition coefficient (Wildman–Crippen LogP) is -0.170. The SMILES string of the molecule is CC(C)C(NC(=O)C(Cc1c[nH]c2ccccc12)NC(=O)C(N)Cc1cnc[nH]1)C(=O)NCC(=O)O. The number of hydrogen-bond donors (Lipinski definition) is 7. The second-order valence-electron chi connectivity index (χ2n) is 8.85. The number of carbonyl (C=O) groups is 4. The molecule has 0 radical (unpaired) electrons. The number of rotatable bonds is 12. The van der Waals surface area contributed by atoms with Gasteiger partial charge in [0.1, 0.15) is 18.6 Å². The van der Waals surface area contributed by atoms with E-state index in [2.05, 4.69) is 30.9 Å². The number of carboxylic acid groups (broad SMARTS) is 1. The third kappa shape index (κ3) is 6.92. The summed E-state index contributed by atoms with van der Waals surface area (Å²) in [6.07, 6.45) is 5.14. The van der Waals surface area contributed by atoms with Crippen molar-refractivity contribution in [1.29, 1.82) is 0 Å². The van der Waals surface area contributed by atoms with Crippen LogP contribution in [0.4, 0.5) is 0 Å². The summed E-state index contributed by atoms with van der Waals surface area (Å²) in [4.78, 5) is 59.6. The number of nitrogens with one attached hydrogen (secondary N) is 5. The van der Waals surface area contributed by atoms with Crippen LogP contribution in [-0.2, 0) is 32.0 Å². The molecular weight excluding hydrogens is 466 g/mol. The summed E-state index contributed by atoms with van der Waals surface area (Å²) in [6, 6.07) is 4.56. The van der Waals surface area contributed by atoms with E-state index in [1.807, 2.05) is 24.3 Å². The molecule has 0 bridgehead atoms. The molecule has 3 amide bonds. The van der Waals surface area contributed by atoms with Gasteiger partial charge < -0.3 is 36.8 Å². The fourth-order valence-corrected chi connectivity index (χ4v) is 3.80. The van der Waals surface area contributed by atoms with E-state index in [0.717, 1.165) is 16.5 Å². The summed E-state index contributed by atoms with van der Waals surface area (Å²) >= 11 is 0. The molecule has 0 fully saturated rings. The van der Waals surface area contributed by atoms with E-state index in [0.29, 0.717) is 5.69 Å². The molecule has 0 saturated carbocycles. The Morgan fingerprint density at radius 2 is 1.78 bits per heavy atom. The van der Waals surface area contributed by atoms with Gasteiger partial charge in [0.2, 0.25) is 17.7 Å². The fourth-order valence-electron chi connectivity index (χ4n) is 3.80. The van der Waals surface area contributed by atoms with Gasteiger partial charge in [-0.15, -0.1) is 0 Å². The summed E-state index contributed by atoms with van der Waals surface area (Å²) in [7, 11) is 0. The van der Waals surface area contributed by atoms with Crippen LogP contribution in [0.1, 0.15) is 25.1 Å². The maximum absolute atomic E-state index is 13.3. The third-order valence-electron chi connectivity index (χ3n) is 5.72. The molecule has 1 aromatic carbocycles. The second kappa shape index (κ2) is 12.0. The minimum atomic E-state index is -1.20. The maximum atomic E-state index is 13.3. The summed E-state index contributed by atoms with van der Waals surface area (Å²) in [6.45, 7) is 2.87. The zero-order valence-electron chi connectivity index (χ0n) is 20.1. The van der Waals surface area contributed by atoms with Gasteiger partial charge in [0.05, 0.1) is 12.4 Å². The average Bonchev–Trinajstić information content (AvgIpc) is 3.50. The Labute approximate surface area is 207 Å². The molecule has 12 nitrogen and oxygen atoms in total. The van der Waals surface area contributed by atoms with Crippen LogP contribution in [0.25, 0.3) is 10.9 Å². The van der Waals surface area contributed by atoms with Crippen LogP contribution in [0.2, 0.25) is 0 Å². The molecule has 0 aliphatic carbocycles. The van der Waals surface area contributed by atoms with Crippen molar-refractivity contribution in [2.24, 2.45) is 11.7 Å². The molecule has 3 unspecified atom stereocenters. The molecule has 3 rings (SSSR count). The molecule has 12 heteroatoms. The fraction of sp³-hybridized carbons (Fsp3) is 0.375. The summed E-state index contributed by atoms with van der Waals surface area (Å²) in [5, 5.41) is 17.4. The topological polar surface area (TPSA) is 195 Å². The van der Waals surface area contributed by atoms with Crippen LogP contribution in [0.5, 0.6) is 0 Å². The van der Waals surface area contributed by atoms with Crippen molar-refractivity contribution < 1.29 is 24.3 Å². The number of hydrogen-bond acceptors (Lipinski definition) is 6. The number of carboxylic acids is 1. The monoisotopic (exact) mass is 497 g/mol. The molecule has 8 N–H and O–H groups in total. The van der Waals surface area contributed by atoms with Crippen molar-refractivity contribution in [3.63, 3.8) is 0 Å². The van der Waals surface area contributed by atoms with E-state index in [1.54, 1.807) is 26.2 Å². The van der Waals surface area contributed by atoms with Gasteiger partial charge in [0.15, 0.2) is 0 Å². The number of aromatic amines is 2. The van der Waals surface area contributed by atoms with E-state index in [9.17, 15) is 19.2 Å². The number of H-pyrrole nitrogens is 2. The third-order valence-corrected chi connectivity index (χ3v) is 5.72. The van der Waals surface area contributed by atoms with Gasteiger partial charge in [-0.2, -0.15) is 0 Å². The highest BCUT2D eigenvalue weighted by molar-refractivity contribution is 5.94. The normalized spacial score (nSPS) is 13.7. The lowest BCUT2D eigenvalue weighted by Crippen LogP contribution is -2.58. The molecule has 0 saturated heterocycles. The Morgan fingerprint density at radius 1 is 1.03 bits per heavy atom. The van der Waals surface area contributed by atoms with Crippen molar-refractivity contribution in [3.05, 3.63) is 54.2 Å². The Balaban J connectivity index is 1.79. The van der Waals surface area contributed by atoms with Crippen molar-refractivity contribution in [2.75, 3.05) is 6.54 Å². The zero-order valence-corrected chi connectivity index (χ0v) is 20.1. The Kier molecular flexibility index (Phi) is 8.79. The number of fused-ring (bicyclic) bond motifs is 1. The molecule has 2 aromatic heterocycles. The quantitative estimate of drug-likeness (QED) is 0.180. The molecule has 3 aromatic rings. The predicted molar refractivity (Wildman–Crippen MR) is 132 cm³/mol. The van der Waals surface area contributed by atoms with Gasteiger partial charge in [-0.1, -0.05) is 32.0 Å². The molecular formula is C24H31N7O5. The second-order valence-corrected chi connectivity index (χ2v) is 8.85. The van der Waals surface area contributed by atoms with Crippen LogP contribution in [0.3, 0.4) is 0 Å². The lowest BCUT2D eigenvalue weighted by atomic mass is 10.00. The number of benzene rings is 1. The summed E-state index contributed by atoms with van der Waals surface area (Å²) < 4.78 is 0. The highest BCUT2D eigenvalue weighted by atomic mass is 16.4. The van der Waals surface area contributed by atoms with Gasteiger partial charge in [-0.3, -0.25) is 19.2 Å². The van der Waals surface area contributed by atoms with Crippen LogP contribution < -0.4 is 21.7 Å². The van der Waals surface area contributed by atoms with Crippen molar-refractivity contribution in [2.45, 2.75) is 44.8 Å². The van der Waals surface area contributed by atoms with Crippen molar-refractivity contribution in [1.82, 2.24) is 30.9 Å². The van der Waals surface area contributed by atoms with Gasteiger partial charge in [0, 0.05) is 41.8 Å². The van der Waals surface area contributed by atoms with Gasteiger partial charge >= 0.3 is 5.97 Å². The minimum absolute atomic E-state index is 0.139. The largest absolute Gasteiger partial charge is 0.480 e. The molecule has 3 atom stereocenters. The summed E-state index contributed by atoms with van der Waals surface area (Å²) in [5.74, 6) is -3.30. The van der Waals surface area contributed by atoms with E-state index in [4.69, 9.17) is 10.8 Å². The van der Waals surface area contributed by atoms with E-state index in [1.165, 1.54) is 6.33 Å². The van der Waals surface area contributed by atoms with Gasteiger partial charge in [0.25, 0.3) is 0 Å². The number of amides is 3. The Hall–Kier alpha value is -4.19. The summed E-state index contributed by atoms with van der Waals surface area (Å²) in [5.41, 5.74) is 8.41. The molecule has 0 aliphatic heterocycles. The number of imidazole rings is 1. The van der Waals surface area contributed by atoms with Crippen LogP contribution in [-0.4, -0.2) is 68.4 Å². The first kappa shape index (κ1) is 26.4. The van der Waals surface area contributed by atoms with E-state index >= 15 is 0 Å². The Morgan fingerprint density at radius 3 is 2.44 bits per heavy atom. The van der Waals surface area contributed by atoms with Crippen LogP contribution in [0, 0.1) is 5.92 Å². The van der Waals surface area contributed by atoms with E-state index < -0.39 is 48.4 Å². The Bertz CT molecular complexity index is 1200. The number of carbonyl (C=O) groups excluding carboxylic acids is 3. The number of para-hydroxylation sites is 1. The van der Waals surface area contributed by atoms with Crippen LogP contribution in [0.15, 0.2) is 43.0 Å². The van der Waals surface area contributed by atoms with Gasteiger partial charge in [-0.05, 0) is 17.5 Å². The number of nitrogens with two attached hydrogens (primary N) is 1. The number of aliphatic carboxylic acids is 1. The molecule has 0 spiro atoms. The molecule has 2 heterocycles. The molecule has 0 aliphatic rings. The van der Waals surface area contributed by atoms with Gasteiger partial charge in [-0.25, -0.2) is 4.98 Å². The smallest absolute Gasteiger partial charge is 0.322 e. The first-order valence-electron chi connectivity index (χ1n) is 11.5. The zero-order chi connectivity index (χ0) is 26.2. The van der Waals surface area contributed by atoms with Crippen LogP contribution >= 0.6 is 0 Å². The van der Waals surface area contributed by atoms with Crippen molar-refractivity contribution >= 4 is 34.6 Å². The average molecular weight is 498 g/mol. The number of nitrogens with zero attached hydrogens (tertiary/aromatic N) is 1. The van der Waals surface area contributed by atoms with E-state index in [-0.39, 0.29) is 18.8 Å². The van der Waals surface area contributed by atoms with Crippen molar-refractivity contribution in [3.8, 4) is 0 Å². The molecule has 36 heavy (non-hydrogen) atoms. The number of aromatic nitrogens is 3. The lowest BCUT2D eigenvalue weighted by Gasteiger charge is -2.26. The molecule has 192 valence electrons. The minimum Gasteiger partial charge on any atom is -0.480 e. The highest BCUT2D eigenvalue weighted by Crippen LogP contribution is 2.19. The maximum Gasteiger partial charge on any atom is 0.322 e. The first-order valence-corrected chi connectivity index (χ1v) is 11.5.